The molecule has 0 amide bonds. The monoisotopic (exact) mass is 354 g/mol. The summed E-state index contributed by atoms with van der Waals surface area (Å²) in [5, 5.41) is 2.63. The smallest absolute Gasteiger partial charge is 0.0456 e. The maximum atomic E-state index is 3.27. The molecule has 0 bridgehead atoms. The van der Waals surface area contributed by atoms with E-state index >= 15 is 0 Å². The molecule has 2 N–H and O–H groups in total. The van der Waals surface area contributed by atoms with Crippen molar-refractivity contribution >= 4 is 21.8 Å². The summed E-state index contributed by atoms with van der Waals surface area (Å²) in [6.07, 6.45) is 4.06. The molecule has 0 aliphatic rings. The molecule has 0 unspecified atom stereocenters. The van der Waals surface area contributed by atoms with Crippen LogP contribution in [0.2, 0.25) is 0 Å². The van der Waals surface area contributed by atoms with Crippen LogP contribution in [-0.2, 0) is 0 Å². The first kappa shape index (κ1) is 18.5. The summed E-state index contributed by atoms with van der Waals surface area (Å²) in [6, 6.07) is 30.7. The van der Waals surface area contributed by atoms with Crippen molar-refractivity contribution in [2.75, 3.05) is 0 Å². The van der Waals surface area contributed by atoms with Gasteiger partial charge in [-0.3, -0.25) is 0 Å². The molecule has 2 heteroatoms. The van der Waals surface area contributed by atoms with E-state index in [1.165, 1.54) is 27.4 Å². The van der Waals surface area contributed by atoms with Gasteiger partial charge < -0.3 is 9.97 Å². The molecule has 2 aromatic heterocycles. The highest BCUT2D eigenvalue weighted by atomic mass is 14.7. The Morgan fingerprint density at radius 3 is 1.81 bits per heavy atom. The van der Waals surface area contributed by atoms with Gasteiger partial charge in [0.2, 0.25) is 0 Å². The number of H-pyrrole nitrogens is 2. The second-order valence-electron chi connectivity index (χ2n) is 6.66. The van der Waals surface area contributed by atoms with Crippen LogP contribution in [0.25, 0.3) is 21.8 Å². The SMILES string of the molecule is CC(C)c1c[nH]c2ccccc12.c1ccc2[nH]ccc2c1.c1ccccc1. The van der Waals surface area contributed by atoms with Crippen molar-refractivity contribution in [2.24, 2.45) is 0 Å². The van der Waals surface area contributed by atoms with Crippen LogP contribution in [0.4, 0.5) is 0 Å². The quantitative estimate of drug-likeness (QED) is 0.320. The Morgan fingerprint density at radius 2 is 1.19 bits per heavy atom. The molecule has 5 rings (SSSR count). The number of benzene rings is 3. The number of hydrogen-bond donors (Lipinski definition) is 2. The molecule has 0 fully saturated rings. The molecule has 0 saturated heterocycles. The molecule has 3 aromatic carbocycles. The topological polar surface area (TPSA) is 31.6 Å². The van der Waals surface area contributed by atoms with E-state index in [1.54, 1.807) is 0 Å². The van der Waals surface area contributed by atoms with Crippen LogP contribution in [-0.4, -0.2) is 9.97 Å². The Balaban J connectivity index is 0.000000124. The van der Waals surface area contributed by atoms with Gasteiger partial charge in [-0.1, -0.05) is 86.6 Å². The lowest BCUT2D eigenvalue weighted by Gasteiger charge is -2.00. The van der Waals surface area contributed by atoms with Crippen LogP contribution >= 0.6 is 0 Å². The van der Waals surface area contributed by atoms with Crippen molar-refractivity contribution < 1.29 is 0 Å². The normalized spacial score (nSPS) is 10.2. The number of fused-ring (bicyclic) bond motifs is 2. The van der Waals surface area contributed by atoms with Crippen molar-refractivity contribution in [3.05, 3.63) is 109 Å². The third-order valence-electron chi connectivity index (χ3n) is 4.37. The Labute approximate surface area is 160 Å². The van der Waals surface area contributed by atoms with Gasteiger partial charge in [0, 0.05) is 28.8 Å². The van der Waals surface area contributed by atoms with E-state index in [1.807, 2.05) is 54.7 Å². The average molecular weight is 354 g/mol. The number of para-hydroxylation sites is 2. The fourth-order valence-electron chi connectivity index (χ4n) is 2.95. The lowest BCUT2D eigenvalue weighted by molar-refractivity contribution is 0.875. The van der Waals surface area contributed by atoms with Crippen LogP contribution < -0.4 is 0 Å². The summed E-state index contributed by atoms with van der Waals surface area (Å²) in [4.78, 5) is 6.39. The number of hydrogen-bond acceptors (Lipinski definition) is 0. The van der Waals surface area contributed by atoms with Gasteiger partial charge in [-0.2, -0.15) is 0 Å². The van der Waals surface area contributed by atoms with E-state index in [2.05, 4.69) is 72.5 Å². The standard InChI is InChI=1S/C11H13N.C8H7N.C6H6/c1-8(2)10-7-12-11-6-4-3-5-9(10)11;1-2-4-8-7(3-1)5-6-9-8;1-2-4-6-5-3-1/h3-8,12H,1-2H3;1-6,9H;1-6H. The molecule has 0 aliphatic carbocycles. The fourth-order valence-corrected chi connectivity index (χ4v) is 2.95. The third kappa shape index (κ3) is 5.11. The van der Waals surface area contributed by atoms with E-state index in [9.17, 15) is 0 Å². The largest absolute Gasteiger partial charge is 0.361 e. The van der Waals surface area contributed by atoms with Crippen LogP contribution in [0.5, 0.6) is 0 Å². The minimum Gasteiger partial charge on any atom is -0.361 e. The first-order valence-corrected chi connectivity index (χ1v) is 9.34. The van der Waals surface area contributed by atoms with Crippen LogP contribution in [0.15, 0.2) is 103 Å². The van der Waals surface area contributed by atoms with Crippen LogP contribution in [0.3, 0.4) is 0 Å². The summed E-state index contributed by atoms with van der Waals surface area (Å²) in [6.45, 7) is 4.44. The molecule has 136 valence electrons. The zero-order valence-electron chi connectivity index (χ0n) is 15.9. The van der Waals surface area contributed by atoms with Gasteiger partial charge >= 0.3 is 0 Å². The van der Waals surface area contributed by atoms with Gasteiger partial charge in [-0.15, -0.1) is 0 Å². The molecular weight excluding hydrogens is 328 g/mol. The zero-order chi connectivity index (χ0) is 18.9. The minimum absolute atomic E-state index is 0.598. The van der Waals surface area contributed by atoms with Crippen molar-refractivity contribution in [1.29, 1.82) is 0 Å². The van der Waals surface area contributed by atoms with Gasteiger partial charge in [0.25, 0.3) is 0 Å². The molecular formula is C25H26N2. The number of aromatic amines is 2. The predicted molar refractivity (Wildman–Crippen MR) is 117 cm³/mol. The average Bonchev–Trinajstić information content (AvgIpc) is 3.37. The molecule has 0 atom stereocenters. The highest BCUT2D eigenvalue weighted by Crippen LogP contribution is 2.24. The van der Waals surface area contributed by atoms with Crippen molar-refractivity contribution in [1.82, 2.24) is 9.97 Å². The maximum Gasteiger partial charge on any atom is 0.0456 e. The van der Waals surface area contributed by atoms with E-state index in [0.717, 1.165) is 0 Å². The molecule has 0 spiro atoms. The van der Waals surface area contributed by atoms with Gasteiger partial charge in [-0.25, -0.2) is 0 Å². The summed E-state index contributed by atoms with van der Waals surface area (Å²) < 4.78 is 0. The van der Waals surface area contributed by atoms with E-state index in [-0.39, 0.29) is 0 Å². The number of rotatable bonds is 1. The zero-order valence-corrected chi connectivity index (χ0v) is 15.9. The number of aromatic nitrogens is 2. The van der Waals surface area contributed by atoms with Crippen LogP contribution in [0.1, 0.15) is 25.3 Å². The summed E-state index contributed by atoms with van der Waals surface area (Å²) >= 11 is 0. The predicted octanol–water partition coefficient (Wildman–Crippen LogP) is 7.15. The molecule has 2 nitrogen and oxygen atoms in total. The molecule has 2 heterocycles. The highest BCUT2D eigenvalue weighted by Gasteiger charge is 2.04. The lowest BCUT2D eigenvalue weighted by atomic mass is 10.0. The lowest BCUT2D eigenvalue weighted by Crippen LogP contribution is -1.82. The highest BCUT2D eigenvalue weighted by molar-refractivity contribution is 5.83. The van der Waals surface area contributed by atoms with Crippen LogP contribution in [0, 0.1) is 0 Å². The molecule has 5 aromatic rings. The Bertz CT molecular complexity index is 998. The van der Waals surface area contributed by atoms with Gasteiger partial charge in [0.05, 0.1) is 0 Å². The van der Waals surface area contributed by atoms with E-state index in [4.69, 9.17) is 0 Å². The van der Waals surface area contributed by atoms with Crippen molar-refractivity contribution in [3.8, 4) is 0 Å². The molecule has 0 saturated carbocycles. The van der Waals surface area contributed by atoms with E-state index < -0.39 is 0 Å². The summed E-state index contributed by atoms with van der Waals surface area (Å²) in [7, 11) is 0. The van der Waals surface area contributed by atoms with Gasteiger partial charge in [-0.05, 0) is 35.1 Å². The van der Waals surface area contributed by atoms with E-state index in [0.29, 0.717) is 5.92 Å². The second-order valence-corrected chi connectivity index (χ2v) is 6.66. The first-order chi connectivity index (χ1) is 13.3. The van der Waals surface area contributed by atoms with Crippen molar-refractivity contribution in [2.45, 2.75) is 19.8 Å². The fraction of sp³-hybridized carbons (Fsp3) is 0.120. The minimum atomic E-state index is 0.598. The third-order valence-corrected chi connectivity index (χ3v) is 4.37. The Kier molecular flexibility index (Phi) is 6.48. The van der Waals surface area contributed by atoms with Gasteiger partial charge in [0.1, 0.15) is 0 Å². The van der Waals surface area contributed by atoms with Crippen molar-refractivity contribution in [3.63, 3.8) is 0 Å². The Hall–Kier alpha value is -3.26. The molecule has 27 heavy (non-hydrogen) atoms. The Morgan fingerprint density at radius 1 is 0.593 bits per heavy atom. The second kappa shape index (κ2) is 9.44. The molecule has 0 radical (unpaired) electrons. The summed E-state index contributed by atoms with van der Waals surface area (Å²) in [5.74, 6) is 0.598. The maximum absolute atomic E-state index is 3.27. The van der Waals surface area contributed by atoms with Gasteiger partial charge in [0.15, 0.2) is 0 Å². The molecule has 0 aliphatic heterocycles. The number of nitrogens with one attached hydrogen (secondary N) is 2. The first-order valence-electron chi connectivity index (χ1n) is 9.34. The summed E-state index contributed by atoms with van der Waals surface area (Å²) in [5.41, 5.74) is 3.85.